The van der Waals surface area contributed by atoms with Crippen LogP contribution in [-0.2, 0) is 19.1 Å². The van der Waals surface area contributed by atoms with Crippen molar-refractivity contribution in [2.45, 2.75) is 37.6 Å². The van der Waals surface area contributed by atoms with Gasteiger partial charge >= 0.3 is 11.9 Å². The Balaban J connectivity index is 3.48. The smallest absolute Gasteiger partial charge is 0.331 e. The second kappa shape index (κ2) is 11.9. The van der Waals surface area contributed by atoms with E-state index in [1.165, 1.54) is 12.2 Å². The SMILES string of the molecule is C=CC(=O)OC(C)SCCCCSC(C)OC(=O)C=C. The average molecular weight is 318 g/mol. The molecule has 0 saturated carbocycles. The number of rotatable bonds is 11. The predicted molar refractivity (Wildman–Crippen MR) is 85.7 cm³/mol. The van der Waals surface area contributed by atoms with Gasteiger partial charge in [-0.05, 0) is 38.2 Å². The summed E-state index contributed by atoms with van der Waals surface area (Å²) in [6.07, 6.45) is 4.38. The first-order valence-electron chi connectivity index (χ1n) is 6.39. The number of carbonyl (C=O) groups excluding carboxylic acids is 2. The topological polar surface area (TPSA) is 52.6 Å². The van der Waals surface area contributed by atoms with E-state index in [-0.39, 0.29) is 10.9 Å². The summed E-state index contributed by atoms with van der Waals surface area (Å²) in [5.41, 5.74) is -0.304. The largest absolute Gasteiger partial charge is 0.448 e. The third-order valence-electron chi connectivity index (χ3n) is 2.14. The first-order valence-corrected chi connectivity index (χ1v) is 8.48. The molecule has 0 fully saturated rings. The van der Waals surface area contributed by atoms with Crippen LogP contribution in [0.15, 0.2) is 25.3 Å². The van der Waals surface area contributed by atoms with Gasteiger partial charge in [-0.2, -0.15) is 0 Å². The Morgan fingerprint density at radius 2 is 1.30 bits per heavy atom. The van der Waals surface area contributed by atoms with Crippen molar-refractivity contribution < 1.29 is 19.1 Å². The normalized spacial score (nSPS) is 13.1. The van der Waals surface area contributed by atoms with E-state index in [4.69, 9.17) is 9.47 Å². The molecule has 4 nitrogen and oxygen atoms in total. The van der Waals surface area contributed by atoms with Crippen LogP contribution in [0.2, 0.25) is 0 Å². The molecule has 0 aliphatic carbocycles. The number of thioether (sulfide) groups is 2. The molecule has 0 spiro atoms. The summed E-state index contributed by atoms with van der Waals surface area (Å²) >= 11 is 3.19. The lowest BCUT2D eigenvalue weighted by atomic mass is 10.4. The van der Waals surface area contributed by atoms with Gasteiger partial charge in [0.05, 0.1) is 0 Å². The summed E-state index contributed by atoms with van der Waals surface area (Å²) < 4.78 is 10.1. The van der Waals surface area contributed by atoms with E-state index in [2.05, 4.69) is 13.2 Å². The Kier molecular flexibility index (Phi) is 11.4. The van der Waals surface area contributed by atoms with Crippen LogP contribution in [0.4, 0.5) is 0 Å². The molecule has 0 rings (SSSR count). The molecule has 0 aromatic heterocycles. The molecule has 6 heteroatoms. The van der Waals surface area contributed by atoms with Gasteiger partial charge in [-0.15, -0.1) is 23.5 Å². The molecule has 0 radical (unpaired) electrons. The van der Waals surface area contributed by atoms with Crippen molar-refractivity contribution in [3.05, 3.63) is 25.3 Å². The average Bonchev–Trinajstić information content (AvgIpc) is 2.42. The van der Waals surface area contributed by atoms with Gasteiger partial charge in [0.25, 0.3) is 0 Å². The van der Waals surface area contributed by atoms with Crippen LogP contribution < -0.4 is 0 Å². The lowest BCUT2D eigenvalue weighted by Crippen LogP contribution is -2.10. The van der Waals surface area contributed by atoms with Gasteiger partial charge in [0.15, 0.2) is 0 Å². The summed E-state index contributed by atoms with van der Waals surface area (Å²) in [5, 5.41) is 0. The fraction of sp³-hybridized carbons (Fsp3) is 0.571. The van der Waals surface area contributed by atoms with Crippen LogP contribution in [0.3, 0.4) is 0 Å². The van der Waals surface area contributed by atoms with Crippen molar-refractivity contribution in [3.8, 4) is 0 Å². The quantitative estimate of drug-likeness (QED) is 0.252. The van der Waals surface area contributed by atoms with E-state index in [1.807, 2.05) is 13.8 Å². The van der Waals surface area contributed by atoms with E-state index in [0.29, 0.717) is 0 Å². The molecule has 2 unspecified atom stereocenters. The van der Waals surface area contributed by atoms with Gasteiger partial charge < -0.3 is 9.47 Å². The lowest BCUT2D eigenvalue weighted by Gasteiger charge is -2.12. The third kappa shape index (κ3) is 11.0. The van der Waals surface area contributed by atoms with Gasteiger partial charge in [-0.1, -0.05) is 13.2 Å². The van der Waals surface area contributed by atoms with Crippen LogP contribution in [0.1, 0.15) is 26.7 Å². The van der Waals surface area contributed by atoms with Gasteiger partial charge in [0.2, 0.25) is 0 Å². The zero-order valence-electron chi connectivity index (χ0n) is 12.0. The van der Waals surface area contributed by atoms with E-state index in [1.54, 1.807) is 23.5 Å². The predicted octanol–water partition coefficient (Wildman–Crippen LogP) is 3.38. The number of esters is 2. The molecule has 0 aliphatic rings. The number of ether oxygens (including phenoxy) is 2. The minimum absolute atomic E-state index is 0.152. The monoisotopic (exact) mass is 318 g/mol. The summed E-state index contributed by atoms with van der Waals surface area (Å²) in [6.45, 7) is 10.4. The number of carbonyl (C=O) groups is 2. The molecule has 114 valence electrons. The molecule has 0 aliphatic heterocycles. The van der Waals surface area contributed by atoms with Crippen LogP contribution >= 0.6 is 23.5 Å². The molecule has 0 heterocycles. The van der Waals surface area contributed by atoms with Gasteiger partial charge in [-0.25, -0.2) is 9.59 Å². The Hall–Kier alpha value is -0.880. The molecule has 0 N–H and O–H groups in total. The van der Waals surface area contributed by atoms with Crippen molar-refractivity contribution >= 4 is 35.5 Å². The zero-order valence-corrected chi connectivity index (χ0v) is 13.6. The third-order valence-corrected chi connectivity index (χ3v) is 4.32. The Labute approximate surface area is 129 Å². The minimum Gasteiger partial charge on any atom is -0.448 e. The van der Waals surface area contributed by atoms with Crippen molar-refractivity contribution in [2.75, 3.05) is 11.5 Å². The van der Waals surface area contributed by atoms with E-state index in [0.717, 1.165) is 24.3 Å². The maximum Gasteiger partial charge on any atom is 0.331 e. The first kappa shape index (κ1) is 19.1. The van der Waals surface area contributed by atoms with E-state index in [9.17, 15) is 9.59 Å². The summed E-state index contributed by atoms with van der Waals surface area (Å²) in [4.78, 5) is 21.9. The maximum atomic E-state index is 10.9. The van der Waals surface area contributed by atoms with Crippen molar-refractivity contribution in [2.24, 2.45) is 0 Å². The maximum absolute atomic E-state index is 10.9. The molecule has 0 saturated heterocycles. The highest BCUT2D eigenvalue weighted by atomic mass is 32.2. The summed E-state index contributed by atoms with van der Waals surface area (Å²) in [7, 11) is 0. The molecule has 0 aromatic carbocycles. The molecule has 20 heavy (non-hydrogen) atoms. The molecular formula is C14H22O4S2. The first-order chi connectivity index (χ1) is 9.49. The second-order valence-electron chi connectivity index (χ2n) is 3.87. The molecule has 0 amide bonds. The fourth-order valence-electron chi connectivity index (χ4n) is 1.19. The van der Waals surface area contributed by atoms with Gasteiger partial charge in [0, 0.05) is 12.2 Å². The Morgan fingerprint density at radius 3 is 1.60 bits per heavy atom. The van der Waals surface area contributed by atoms with Crippen LogP contribution in [0, 0.1) is 0 Å². The molecule has 0 aromatic rings. The lowest BCUT2D eigenvalue weighted by molar-refractivity contribution is -0.139. The second-order valence-corrected chi connectivity index (χ2v) is 6.68. The van der Waals surface area contributed by atoms with Crippen molar-refractivity contribution in [1.82, 2.24) is 0 Å². The van der Waals surface area contributed by atoms with E-state index < -0.39 is 11.9 Å². The molecule has 2 atom stereocenters. The van der Waals surface area contributed by atoms with Crippen LogP contribution in [0.5, 0.6) is 0 Å². The Morgan fingerprint density at radius 1 is 0.950 bits per heavy atom. The number of hydrogen-bond acceptors (Lipinski definition) is 6. The highest BCUT2D eigenvalue weighted by Gasteiger charge is 2.08. The number of hydrogen-bond donors (Lipinski definition) is 0. The molecular weight excluding hydrogens is 296 g/mol. The van der Waals surface area contributed by atoms with Crippen molar-refractivity contribution in [1.29, 1.82) is 0 Å². The van der Waals surface area contributed by atoms with Gasteiger partial charge in [-0.3, -0.25) is 0 Å². The van der Waals surface area contributed by atoms with E-state index >= 15 is 0 Å². The van der Waals surface area contributed by atoms with Gasteiger partial charge in [0.1, 0.15) is 10.9 Å². The summed E-state index contributed by atoms with van der Waals surface area (Å²) in [5.74, 6) is 1.07. The summed E-state index contributed by atoms with van der Waals surface area (Å²) in [6, 6.07) is 0. The zero-order chi connectivity index (χ0) is 15.4. The Bertz CT molecular complexity index is 299. The van der Waals surface area contributed by atoms with Crippen molar-refractivity contribution in [3.63, 3.8) is 0 Å². The van der Waals surface area contributed by atoms with Crippen LogP contribution in [-0.4, -0.2) is 34.3 Å². The number of unbranched alkanes of at least 4 members (excludes halogenated alkanes) is 1. The van der Waals surface area contributed by atoms with Crippen LogP contribution in [0.25, 0.3) is 0 Å². The standard InChI is InChI=1S/C14H22O4S2/c1-5-13(15)17-11(3)19-9-7-8-10-20-12(4)18-14(16)6-2/h5-6,11-12H,1-2,7-10H2,3-4H3. The minimum atomic E-state index is -0.390. The molecule has 0 bridgehead atoms. The highest BCUT2D eigenvalue weighted by Crippen LogP contribution is 2.17. The highest BCUT2D eigenvalue weighted by molar-refractivity contribution is 8.00. The fourth-order valence-corrected chi connectivity index (χ4v) is 2.93.